The van der Waals surface area contributed by atoms with Crippen molar-refractivity contribution in [3.63, 3.8) is 0 Å². The van der Waals surface area contributed by atoms with Crippen molar-refractivity contribution in [2.75, 3.05) is 13.2 Å². The van der Waals surface area contributed by atoms with E-state index < -0.39 is 12.1 Å². The molecule has 480 valence electrons. The summed E-state index contributed by atoms with van der Waals surface area (Å²) in [5.74, 6) is -0.0410. The zero-order valence-corrected chi connectivity index (χ0v) is 55.0. The van der Waals surface area contributed by atoms with Gasteiger partial charge in [-0.25, -0.2) is 0 Å². The highest BCUT2D eigenvalue weighted by atomic mass is 16.5. The number of amides is 1. The van der Waals surface area contributed by atoms with Crippen LogP contribution in [0.2, 0.25) is 0 Å². The van der Waals surface area contributed by atoms with E-state index in [9.17, 15) is 19.8 Å². The van der Waals surface area contributed by atoms with Gasteiger partial charge in [0.05, 0.1) is 25.4 Å². The summed E-state index contributed by atoms with van der Waals surface area (Å²) in [6.45, 7) is 4.95. The first kappa shape index (κ1) is 79.3. The lowest BCUT2D eigenvalue weighted by atomic mass is 10.0. The Bertz CT molecular complexity index is 1270. The predicted octanol–water partition coefficient (Wildman–Crippen LogP) is 24.1. The number of aliphatic hydroxyl groups excluding tert-OH is 2. The Morgan fingerprint density at radius 1 is 0.333 bits per heavy atom. The molecule has 0 bridgehead atoms. The van der Waals surface area contributed by atoms with Crippen LogP contribution >= 0.6 is 0 Å². The molecule has 2 unspecified atom stereocenters. The molecule has 2 atom stereocenters. The molecule has 0 aliphatic carbocycles. The van der Waals surface area contributed by atoms with Crippen molar-refractivity contribution in [2.24, 2.45) is 0 Å². The van der Waals surface area contributed by atoms with Gasteiger partial charge in [0.25, 0.3) is 0 Å². The fraction of sp³-hybridized carbons (Fsp3) is 0.920. The molecule has 0 rings (SSSR count). The van der Waals surface area contributed by atoms with Gasteiger partial charge in [-0.15, -0.1) is 0 Å². The summed E-state index contributed by atoms with van der Waals surface area (Å²) in [7, 11) is 0. The van der Waals surface area contributed by atoms with Crippen molar-refractivity contribution in [2.45, 2.75) is 431 Å². The summed E-state index contributed by atoms with van der Waals surface area (Å²) in [6, 6.07) is -0.626. The van der Waals surface area contributed by atoms with Gasteiger partial charge in [0.2, 0.25) is 5.91 Å². The number of carbonyl (C=O) groups excluding carboxylic acids is 2. The molecule has 0 fully saturated rings. The minimum atomic E-state index is -0.843. The Morgan fingerprint density at radius 3 is 0.877 bits per heavy atom. The summed E-state index contributed by atoms with van der Waals surface area (Å²) in [6.07, 6.45) is 89.9. The van der Waals surface area contributed by atoms with Gasteiger partial charge in [-0.1, -0.05) is 372 Å². The van der Waals surface area contributed by atoms with Gasteiger partial charge < -0.3 is 20.3 Å². The summed E-state index contributed by atoms with van der Waals surface area (Å²) in [5, 5.41) is 23.2. The van der Waals surface area contributed by atoms with Crippen LogP contribution in [0, 0.1) is 0 Å². The molecule has 0 aliphatic rings. The largest absolute Gasteiger partial charge is 0.466 e. The van der Waals surface area contributed by atoms with E-state index in [0.29, 0.717) is 19.4 Å². The molecule has 0 aromatic rings. The Hall–Kier alpha value is -1.66. The SMILES string of the molecule is CCCCCCCCCCCCCCCCCCC/C=C/C(O)C(CO)NC(=O)CCCCCCCCCCCCCCCCCCC/C=C\CCCCCCCCCCCCCCOC(=O)CCCCCCCCCCCCCC. The molecule has 0 spiro atoms. The molecule has 0 saturated heterocycles. The molecule has 0 saturated carbocycles. The number of hydrogen-bond donors (Lipinski definition) is 3. The van der Waals surface area contributed by atoms with Crippen LogP contribution < -0.4 is 5.32 Å². The van der Waals surface area contributed by atoms with Gasteiger partial charge in [-0.05, 0) is 57.8 Å². The van der Waals surface area contributed by atoms with Gasteiger partial charge >= 0.3 is 5.97 Å². The molecule has 1 amide bonds. The van der Waals surface area contributed by atoms with Crippen LogP contribution in [-0.4, -0.2) is 47.4 Å². The average molecular weight is 1140 g/mol. The molecule has 0 aromatic heterocycles. The van der Waals surface area contributed by atoms with E-state index in [0.717, 1.165) is 38.5 Å². The number of ether oxygens (including phenoxy) is 1. The smallest absolute Gasteiger partial charge is 0.305 e. The third-order valence-corrected chi connectivity index (χ3v) is 17.5. The number of unbranched alkanes of at least 4 members (excludes halogenated alkanes) is 57. The van der Waals surface area contributed by atoms with E-state index in [1.165, 1.54) is 353 Å². The number of allylic oxidation sites excluding steroid dienone is 3. The zero-order chi connectivity index (χ0) is 58.5. The molecular weight excluding hydrogens is 995 g/mol. The van der Waals surface area contributed by atoms with Crippen molar-refractivity contribution >= 4 is 11.9 Å². The maximum Gasteiger partial charge on any atom is 0.305 e. The summed E-state index contributed by atoms with van der Waals surface area (Å²) in [4.78, 5) is 24.6. The summed E-state index contributed by atoms with van der Waals surface area (Å²) >= 11 is 0. The predicted molar refractivity (Wildman–Crippen MR) is 356 cm³/mol. The Morgan fingerprint density at radius 2 is 0.580 bits per heavy atom. The van der Waals surface area contributed by atoms with Crippen molar-refractivity contribution in [1.29, 1.82) is 0 Å². The van der Waals surface area contributed by atoms with Crippen LogP contribution in [0.3, 0.4) is 0 Å². The monoisotopic (exact) mass is 1140 g/mol. The highest BCUT2D eigenvalue weighted by Gasteiger charge is 2.18. The van der Waals surface area contributed by atoms with Crippen LogP contribution in [0.4, 0.5) is 0 Å². The number of rotatable bonds is 70. The number of aliphatic hydroxyl groups is 2. The molecule has 0 radical (unpaired) electrons. The third kappa shape index (κ3) is 67.3. The second-order valence-corrected chi connectivity index (χ2v) is 25.6. The van der Waals surface area contributed by atoms with Crippen LogP contribution in [0.25, 0.3) is 0 Å². The van der Waals surface area contributed by atoms with Gasteiger partial charge in [0, 0.05) is 12.8 Å². The fourth-order valence-corrected chi connectivity index (χ4v) is 11.8. The molecular formula is C75H145NO5. The molecule has 0 aliphatic heterocycles. The van der Waals surface area contributed by atoms with Crippen LogP contribution in [0.1, 0.15) is 418 Å². The first-order chi connectivity index (χ1) is 40.0. The molecule has 81 heavy (non-hydrogen) atoms. The van der Waals surface area contributed by atoms with Crippen molar-refractivity contribution in [3.05, 3.63) is 24.3 Å². The first-order valence-electron chi connectivity index (χ1n) is 37.1. The maximum absolute atomic E-state index is 12.5. The van der Waals surface area contributed by atoms with E-state index in [1.807, 2.05) is 6.08 Å². The Kier molecular flexibility index (Phi) is 69.4. The molecule has 3 N–H and O–H groups in total. The van der Waals surface area contributed by atoms with Crippen LogP contribution in [-0.2, 0) is 14.3 Å². The van der Waals surface area contributed by atoms with Gasteiger partial charge in [-0.3, -0.25) is 9.59 Å². The highest BCUT2D eigenvalue weighted by molar-refractivity contribution is 5.76. The second kappa shape index (κ2) is 70.8. The van der Waals surface area contributed by atoms with Crippen molar-refractivity contribution in [1.82, 2.24) is 5.32 Å². The molecule has 6 nitrogen and oxygen atoms in total. The third-order valence-electron chi connectivity index (χ3n) is 17.5. The highest BCUT2D eigenvalue weighted by Crippen LogP contribution is 2.19. The van der Waals surface area contributed by atoms with Crippen molar-refractivity contribution < 1.29 is 24.5 Å². The molecule has 6 heteroatoms. The van der Waals surface area contributed by atoms with E-state index in [1.54, 1.807) is 6.08 Å². The fourth-order valence-electron chi connectivity index (χ4n) is 11.8. The van der Waals surface area contributed by atoms with Crippen LogP contribution in [0.15, 0.2) is 24.3 Å². The van der Waals surface area contributed by atoms with Gasteiger partial charge in [-0.2, -0.15) is 0 Å². The Labute approximate surface area is 507 Å². The second-order valence-electron chi connectivity index (χ2n) is 25.6. The molecule has 0 heterocycles. The minimum Gasteiger partial charge on any atom is -0.466 e. The summed E-state index contributed by atoms with van der Waals surface area (Å²) in [5.41, 5.74) is 0. The number of nitrogens with one attached hydrogen (secondary N) is 1. The maximum atomic E-state index is 12.5. The Balaban J connectivity index is 3.37. The lowest BCUT2D eigenvalue weighted by Crippen LogP contribution is -2.45. The molecule has 0 aromatic carbocycles. The van der Waals surface area contributed by atoms with E-state index in [-0.39, 0.29) is 18.5 Å². The average Bonchev–Trinajstić information content (AvgIpc) is 3.47. The lowest BCUT2D eigenvalue weighted by Gasteiger charge is -2.20. The minimum absolute atomic E-state index is 0.0198. The van der Waals surface area contributed by atoms with Crippen LogP contribution in [0.5, 0.6) is 0 Å². The number of esters is 1. The standard InChI is InChI=1S/C75H145NO5/c1-3-5-7-9-11-13-15-17-18-19-35-38-41-44-47-51-55-59-63-67-73(78)72(71-77)76-74(79)68-64-60-56-52-48-45-42-39-36-33-31-29-27-25-23-21-20-22-24-26-28-30-32-34-37-40-43-46-50-54-58-62-66-70-81-75(80)69-65-61-57-53-49-16-14-12-10-8-6-4-2/h24,26,63,67,72-73,77-78H,3-23,25,27-62,64-66,68-71H2,1-2H3,(H,76,79)/b26-24-,67-63+. The van der Waals surface area contributed by atoms with E-state index in [4.69, 9.17) is 4.74 Å². The number of carbonyl (C=O) groups is 2. The quantitative estimate of drug-likeness (QED) is 0.0320. The zero-order valence-electron chi connectivity index (χ0n) is 55.0. The van der Waals surface area contributed by atoms with Crippen molar-refractivity contribution in [3.8, 4) is 0 Å². The number of hydrogen-bond acceptors (Lipinski definition) is 5. The lowest BCUT2D eigenvalue weighted by molar-refractivity contribution is -0.143. The summed E-state index contributed by atoms with van der Waals surface area (Å²) < 4.78 is 5.48. The van der Waals surface area contributed by atoms with E-state index in [2.05, 4.69) is 31.3 Å². The van der Waals surface area contributed by atoms with Gasteiger partial charge in [0.15, 0.2) is 0 Å². The van der Waals surface area contributed by atoms with E-state index >= 15 is 0 Å². The first-order valence-corrected chi connectivity index (χ1v) is 37.1. The van der Waals surface area contributed by atoms with Gasteiger partial charge in [0.1, 0.15) is 0 Å². The topological polar surface area (TPSA) is 95.9 Å². The normalized spacial score (nSPS) is 12.6.